The van der Waals surface area contributed by atoms with E-state index in [2.05, 4.69) is 12.1 Å². The lowest BCUT2D eigenvalue weighted by atomic mass is 9.88. The van der Waals surface area contributed by atoms with Crippen molar-refractivity contribution in [3.8, 4) is 5.75 Å². The lowest BCUT2D eigenvalue weighted by Gasteiger charge is -2.29. The van der Waals surface area contributed by atoms with Crippen molar-refractivity contribution in [1.29, 1.82) is 0 Å². The van der Waals surface area contributed by atoms with Crippen molar-refractivity contribution in [3.05, 3.63) is 65.7 Å². The van der Waals surface area contributed by atoms with Gasteiger partial charge in [0.1, 0.15) is 5.75 Å². The standard InChI is InChI=1S/C24H30N2O3/c1-25(16-17-26-15-7-6-10-23(26)27)24(28)18-22(19-8-4-3-5-9-19)20-11-13-21(29-2)14-12-20/h3-5,8-9,11-14,22H,6-7,10,15-18H2,1-2H3. The number of carbonyl (C=O) groups excluding carboxylic acids is 2. The Balaban J connectivity index is 1.67. The molecule has 5 heteroatoms. The van der Waals surface area contributed by atoms with Crippen molar-refractivity contribution in [1.82, 2.24) is 9.80 Å². The second-order valence-electron chi connectivity index (χ2n) is 7.59. The summed E-state index contributed by atoms with van der Waals surface area (Å²) < 4.78 is 5.26. The quantitative estimate of drug-likeness (QED) is 0.686. The lowest BCUT2D eigenvalue weighted by Crippen LogP contribution is -2.41. The van der Waals surface area contributed by atoms with Gasteiger partial charge in [0.25, 0.3) is 0 Å². The van der Waals surface area contributed by atoms with E-state index in [-0.39, 0.29) is 17.7 Å². The number of amides is 2. The predicted octanol–water partition coefficient (Wildman–Crippen LogP) is 3.69. The third-order valence-electron chi connectivity index (χ3n) is 5.65. The van der Waals surface area contributed by atoms with Crippen LogP contribution in [0.1, 0.15) is 42.7 Å². The van der Waals surface area contributed by atoms with Crippen LogP contribution in [0.2, 0.25) is 0 Å². The Labute approximate surface area is 173 Å². The van der Waals surface area contributed by atoms with Gasteiger partial charge in [0.2, 0.25) is 11.8 Å². The molecule has 0 aromatic heterocycles. The highest BCUT2D eigenvalue weighted by Crippen LogP contribution is 2.30. The van der Waals surface area contributed by atoms with Gasteiger partial charge in [-0.3, -0.25) is 9.59 Å². The van der Waals surface area contributed by atoms with Gasteiger partial charge in [0, 0.05) is 45.4 Å². The van der Waals surface area contributed by atoms with Crippen LogP contribution in [0.15, 0.2) is 54.6 Å². The fraction of sp³-hybridized carbons (Fsp3) is 0.417. The van der Waals surface area contributed by atoms with Gasteiger partial charge in [-0.05, 0) is 36.1 Å². The first-order valence-electron chi connectivity index (χ1n) is 10.3. The first-order valence-corrected chi connectivity index (χ1v) is 10.3. The number of hydrogen-bond donors (Lipinski definition) is 0. The highest BCUT2D eigenvalue weighted by molar-refractivity contribution is 5.78. The molecule has 1 aliphatic heterocycles. The third-order valence-corrected chi connectivity index (χ3v) is 5.65. The van der Waals surface area contributed by atoms with E-state index < -0.39 is 0 Å². The molecular formula is C24H30N2O3. The van der Waals surface area contributed by atoms with E-state index in [1.54, 1.807) is 12.0 Å². The van der Waals surface area contributed by atoms with E-state index in [9.17, 15) is 9.59 Å². The average Bonchev–Trinajstić information content (AvgIpc) is 2.77. The van der Waals surface area contributed by atoms with Crippen LogP contribution >= 0.6 is 0 Å². The van der Waals surface area contributed by atoms with Crippen LogP contribution in [-0.4, -0.2) is 55.4 Å². The van der Waals surface area contributed by atoms with Gasteiger partial charge in [-0.15, -0.1) is 0 Å². The SMILES string of the molecule is COc1ccc(C(CC(=O)N(C)CCN2CCCCC2=O)c2ccccc2)cc1. The minimum Gasteiger partial charge on any atom is -0.497 e. The maximum Gasteiger partial charge on any atom is 0.223 e. The Hall–Kier alpha value is -2.82. The summed E-state index contributed by atoms with van der Waals surface area (Å²) in [6.07, 6.45) is 3.05. The summed E-state index contributed by atoms with van der Waals surface area (Å²) in [5.74, 6) is 1.07. The van der Waals surface area contributed by atoms with Crippen LogP contribution in [0.4, 0.5) is 0 Å². The summed E-state index contributed by atoms with van der Waals surface area (Å²) >= 11 is 0. The molecule has 2 amide bonds. The number of methoxy groups -OCH3 is 1. The zero-order valence-corrected chi connectivity index (χ0v) is 17.3. The zero-order valence-electron chi connectivity index (χ0n) is 17.3. The maximum absolute atomic E-state index is 13.0. The smallest absolute Gasteiger partial charge is 0.223 e. The number of carbonyl (C=O) groups is 2. The molecule has 0 aliphatic carbocycles. The number of nitrogens with zero attached hydrogens (tertiary/aromatic N) is 2. The predicted molar refractivity (Wildman–Crippen MR) is 114 cm³/mol. The van der Waals surface area contributed by atoms with Gasteiger partial charge < -0.3 is 14.5 Å². The highest BCUT2D eigenvalue weighted by atomic mass is 16.5. The molecule has 2 aromatic carbocycles. The molecule has 5 nitrogen and oxygen atoms in total. The number of piperidine rings is 1. The Morgan fingerprint density at radius 1 is 1.07 bits per heavy atom. The van der Waals surface area contributed by atoms with E-state index >= 15 is 0 Å². The van der Waals surface area contributed by atoms with Gasteiger partial charge in [0.15, 0.2) is 0 Å². The van der Waals surface area contributed by atoms with Crippen molar-refractivity contribution < 1.29 is 14.3 Å². The summed E-state index contributed by atoms with van der Waals surface area (Å²) in [5, 5.41) is 0. The molecule has 0 spiro atoms. The summed E-state index contributed by atoms with van der Waals surface area (Å²) in [4.78, 5) is 28.6. The molecule has 154 valence electrons. The molecule has 1 saturated heterocycles. The van der Waals surface area contributed by atoms with Crippen molar-refractivity contribution in [2.45, 2.75) is 31.6 Å². The Morgan fingerprint density at radius 2 is 1.76 bits per heavy atom. The fourth-order valence-electron chi connectivity index (χ4n) is 3.77. The van der Waals surface area contributed by atoms with Gasteiger partial charge >= 0.3 is 0 Å². The van der Waals surface area contributed by atoms with Crippen molar-refractivity contribution in [3.63, 3.8) is 0 Å². The molecule has 2 aromatic rings. The Morgan fingerprint density at radius 3 is 2.41 bits per heavy atom. The van der Waals surface area contributed by atoms with E-state index in [0.717, 1.165) is 36.3 Å². The van der Waals surface area contributed by atoms with E-state index in [1.165, 1.54) is 0 Å². The Kier molecular flexibility index (Phi) is 7.28. The molecule has 0 saturated carbocycles. The highest BCUT2D eigenvalue weighted by Gasteiger charge is 2.22. The van der Waals surface area contributed by atoms with Gasteiger partial charge in [0.05, 0.1) is 7.11 Å². The zero-order chi connectivity index (χ0) is 20.6. The van der Waals surface area contributed by atoms with Crippen molar-refractivity contribution in [2.24, 2.45) is 0 Å². The molecule has 0 N–H and O–H groups in total. The van der Waals surface area contributed by atoms with Crippen LogP contribution in [-0.2, 0) is 9.59 Å². The third kappa shape index (κ3) is 5.59. The van der Waals surface area contributed by atoms with Gasteiger partial charge in [-0.2, -0.15) is 0 Å². The largest absolute Gasteiger partial charge is 0.497 e. The maximum atomic E-state index is 13.0. The van der Waals surface area contributed by atoms with Crippen LogP contribution in [0.25, 0.3) is 0 Å². The summed E-state index contributed by atoms with van der Waals surface area (Å²) in [6.45, 7) is 1.98. The summed E-state index contributed by atoms with van der Waals surface area (Å²) in [7, 11) is 3.47. The molecule has 1 aliphatic rings. The van der Waals surface area contributed by atoms with Gasteiger partial charge in [-0.1, -0.05) is 42.5 Å². The first-order chi connectivity index (χ1) is 14.1. The lowest BCUT2D eigenvalue weighted by molar-refractivity contribution is -0.135. The number of likely N-dealkylation sites (N-methyl/N-ethyl adjacent to an activating group) is 1. The van der Waals surface area contributed by atoms with Crippen molar-refractivity contribution >= 4 is 11.8 Å². The van der Waals surface area contributed by atoms with Crippen LogP contribution < -0.4 is 4.74 Å². The van der Waals surface area contributed by atoms with Crippen LogP contribution in [0.5, 0.6) is 5.75 Å². The molecule has 1 unspecified atom stereocenters. The van der Waals surface area contributed by atoms with E-state index in [0.29, 0.717) is 25.9 Å². The fourth-order valence-corrected chi connectivity index (χ4v) is 3.77. The normalized spacial score (nSPS) is 15.1. The molecule has 1 atom stereocenters. The minimum atomic E-state index is -0.0197. The Bertz CT molecular complexity index is 805. The number of benzene rings is 2. The molecule has 0 radical (unpaired) electrons. The van der Waals surface area contributed by atoms with E-state index in [1.807, 2.05) is 54.4 Å². The number of rotatable bonds is 8. The second-order valence-corrected chi connectivity index (χ2v) is 7.59. The second kappa shape index (κ2) is 10.1. The topological polar surface area (TPSA) is 49.9 Å². The summed E-state index contributed by atoms with van der Waals surface area (Å²) in [5.41, 5.74) is 2.20. The molecule has 3 rings (SSSR count). The first kappa shape index (κ1) is 20.9. The molecule has 0 bridgehead atoms. The monoisotopic (exact) mass is 394 g/mol. The minimum absolute atomic E-state index is 0.0197. The van der Waals surface area contributed by atoms with Gasteiger partial charge in [-0.25, -0.2) is 0 Å². The van der Waals surface area contributed by atoms with Crippen LogP contribution in [0.3, 0.4) is 0 Å². The molecule has 29 heavy (non-hydrogen) atoms. The van der Waals surface area contributed by atoms with E-state index in [4.69, 9.17) is 4.74 Å². The molecule has 1 heterocycles. The molecule has 1 fully saturated rings. The van der Waals surface area contributed by atoms with Crippen LogP contribution in [0, 0.1) is 0 Å². The number of hydrogen-bond acceptors (Lipinski definition) is 3. The number of likely N-dealkylation sites (tertiary alicyclic amines) is 1. The summed E-state index contributed by atoms with van der Waals surface area (Å²) in [6, 6.07) is 18.0. The molecular weight excluding hydrogens is 364 g/mol. The number of ether oxygens (including phenoxy) is 1. The average molecular weight is 395 g/mol. The van der Waals surface area contributed by atoms with Crippen molar-refractivity contribution in [2.75, 3.05) is 33.8 Å².